The molecule has 0 amide bonds. The smallest absolute Gasteiger partial charge is 0.0665 e. The van der Waals surface area contributed by atoms with Crippen molar-refractivity contribution in [1.82, 2.24) is 9.78 Å². The number of alkyl halides is 1. The van der Waals surface area contributed by atoms with Crippen LogP contribution in [0.15, 0.2) is 30.5 Å². The summed E-state index contributed by atoms with van der Waals surface area (Å²) in [6, 6.07) is 8.37. The van der Waals surface area contributed by atoms with Gasteiger partial charge < -0.3 is 0 Å². The number of rotatable bonds is 3. The Morgan fingerprint density at radius 1 is 1.19 bits per heavy atom. The monoisotopic (exact) mass is 234 g/mol. The third-order valence-electron chi connectivity index (χ3n) is 2.93. The molecule has 0 unspecified atom stereocenters. The molecule has 0 spiro atoms. The van der Waals surface area contributed by atoms with Gasteiger partial charge in [0.15, 0.2) is 0 Å². The predicted molar refractivity (Wildman–Crippen MR) is 66.8 cm³/mol. The second-order valence-corrected chi connectivity index (χ2v) is 4.24. The molecular weight excluding hydrogens is 220 g/mol. The molecule has 0 fully saturated rings. The Balaban J connectivity index is 2.27. The van der Waals surface area contributed by atoms with Gasteiger partial charge >= 0.3 is 0 Å². The topological polar surface area (TPSA) is 17.8 Å². The van der Waals surface area contributed by atoms with Gasteiger partial charge in [-0.2, -0.15) is 5.10 Å². The zero-order valence-corrected chi connectivity index (χ0v) is 10.3. The minimum absolute atomic E-state index is 0.527. The van der Waals surface area contributed by atoms with E-state index in [9.17, 15) is 0 Å². The first-order chi connectivity index (χ1) is 7.72. The van der Waals surface area contributed by atoms with Crippen molar-refractivity contribution in [3.63, 3.8) is 0 Å². The fourth-order valence-corrected chi connectivity index (χ4v) is 1.99. The number of hydrogen-bond donors (Lipinski definition) is 0. The summed E-state index contributed by atoms with van der Waals surface area (Å²) in [5.41, 5.74) is 4.85. The van der Waals surface area contributed by atoms with Crippen molar-refractivity contribution in [1.29, 1.82) is 0 Å². The van der Waals surface area contributed by atoms with Gasteiger partial charge in [0.1, 0.15) is 0 Å². The van der Waals surface area contributed by atoms with Crippen molar-refractivity contribution in [2.24, 2.45) is 0 Å². The molecule has 1 heterocycles. The highest BCUT2D eigenvalue weighted by molar-refractivity contribution is 6.17. The van der Waals surface area contributed by atoms with E-state index < -0.39 is 0 Å². The van der Waals surface area contributed by atoms with Crippen LogP contribution in [0, 0.1) is 13.8 Å². The van der Waals surface area contributed by atoms with Gasteiger partial charge in [-0.1, -0.05) is 24.3 Å². The summed E-state index contributed by atoms with van der Waals surface area (Å²) in [4.78, 5) is 0. The molecule has 0 aliphatic heterocycles. The summed E-state index contributed by atoms with van der Waals surface area (Å²) in [6.45, 7) is 5.00. The van der Waals surface area contributed by atoms with E-state index in [4.69, 9.17) is 11.6 Å². The average molecular weight is 235 g/mol. The summed E-state index contributed by atoms with van der Waals surface area (Å²) in [5, 5.41) is 4.36. The van der Waals surface area contributed by atoms with E-state index in [1.54, 1.807) is 0 Å². The molecule has 0 saturated carbocycles. The van der Waals surface area contributed by atoms with Gasteiger partial charge in [-0.25, -0.2) is 0 Å². The lowest BCUT2D eigenvalue weighted by Gasteiger charge is -2.07. The van der Waals surface area contributed by atoms with E-state index in [0.29, 0.717) is 5.88 Å². The second-order valence-electron chi connectivity index (χ2n) is 3.97. The van der Waals surface area contributed by atoms with Crippen LogP contribution in [-0.2, 0) is 12.4 Å². The molecule has 1 aromatic heterocycles. The van der Waals surface area contributed by atoms with Crippen LogP contribution in [0.2, 0.25) is 0 Å². The highest BCUT2D eigenvalue weighted by Crippen LogP contribution is 2.14. The highest BCUT2D eigenvalue weighted by atomic mass is 35.5. The van der Waals surface area contributed by atoms with E-state index in [1.165, 1.54) is 11.1 Å². The zero-order chi connectivity index (χ0) is 11.5. The predicted octanol–water partition coefficient (Wildman–Crippen LogP) is 3.29. The van der Waals surface area contributed by atoms with Gasteiger partial charge in [0.2, 0.25) is 0 Å². The quantitative estimate of drug-likeness (QED) is 0.746. The maximum absolute atomic E-state index is 5.83. The van der Waals surface area contributed by atoms with E-state index in [1.807, 2.05) is 10.9 Å². The number of aromatic nitrogens is 2. The SMILES string of the molecule is Cc1ccccc1Cn1ncc(CCl)c1C. The van der Waals surface area contributed by atoms with Gasteiger partial charge in [-0.15, -0.1) is 11.6 Å². The van der Waals surface area contributed by atoms with Crippen molar-refractivity contribution in [3.05, 3.63) is 52.8 Å². The van der Waals surface area contributed by atoms with Gasteiger partial charge in [0, 0.05) is 11.3 Å². The fraction of sp³-hybridized carbons (Fsp3) is 0.308. The van der Waals surface area contributed by atoms with E-state index >= 15 is 0 Å². The average Bonchev–Trinajstić information content (AvgIpc) is 2.63. The molecule has 3 heteroatoms. The first-order valence-corrected chi connectivity index (χ1v) is 5.87. The van der Waals surface area contributed by atoms with Gasteiger partial charge in [0.25, 0.3) is 0 Å². The Bertz CT molecular complexity index is 488. The van der Waals surface area contributed by atoms with Crippen molar-refractivity contribution >= 4 is 11.6 Å². The Labute approximate surface area is 101 Å². The molecule has 0 atom stereocenters. The normalized spacial score (nSPS) is 10.7. The molecule has 84 valence electrons. The highest BCUT2D eigenvalue weighted by Gasteiger charge is 2.06. The van der Waals surface area contributed by atoms with Gasteiger partial charge in [-0.05, 0) is 25.0 Å². The number of benzene rings is 1. The minimum atomic E-state index is 0.527. The van der Waals surface area contributed by atoms with Crippen LogP contribution in [0.5, 0.6) is 0 Å². The van der Waals surface area contributed by atoms with Crippen LogP contribution in [0.1, 0.15) is 22.4 Å². The van der Waals surface area contributed by atoms with Gasteiger partial charge in [0.05, 0.1) is 18.6 Å². The van der Waals surface area contributed by atoms with Crippen LogP contribution in [0.4, 0.5) is 0 Å². The molecule has 2 rings (SSSR count). The lowest BCUT2D eigenvalue weighted by Crippen LogP contribution is -2.05. The van der Waals surface area contributed by atoms with Crippen LogP contribution in [-0.4, -0.2) is 9.78 Å². The molecule has 0 radical (unpaired) electrons. The van der Waals surface area contributed by atoms with Crippen LogP contribution in [0.3, 0.4) is 0 Å². The van der Waals surface area contributed by atoms with Gasteiger partial charge in [-0.3, -0.25) is 4.68 Å². The van der Waals surface area contributed by atoms with Crippen molar-refractivity contribution in [2.45, 2.75) is 26.3 Å². The first-order valence-electron chi connectivity index (χ1n) is 5.34. The maximum atomic E-state index is 5.83. The summed E-state index contributed by atoms with van der Waals surface area (Å²) in [7, 11) is 0. The van der Waals surface area contributed by atoms with E-state index in [2.05, 4.69) is 43.2 Å². The molecule has 2 nitrogen and oxygen atoms in total. The Hall–Kier alpha value is -1.28. The number of halogens is 1. The van der Waals surface area contributed by atoms with Crippen LogP contribution in [0.25, 0.3) is 0 Å². The lowest BCUT2D eigenvalue weighted by molar-refractivity contribution is 0.661. The molecule has 0 aliphatic carbocycles. The molecule has 16 heavy (non-hydrogen) atoms. The molecule has 1 aromatic carbocycles. The largest absolute Gasteiger partial charge is 0.265 e. The molecule has 0 bridgehead atoms. The molecule has 2 aromatic rings. The number of nitrogens with zero attached hydrogens (tertiary/aromatic N) is 2. The Kier molecular flexibility index (Phi) is 3.30. The Morgan fingerprint density at radius 2 is 1.94 bits per heavy atom. The van der Waals surface area contributed by atoms with Crippen LogP contribution < -0.4 is 0 Å². The fourth-order valence-electron chi connectivity index (χ4n) is 1.72. The first kappa shape index (κ1) is 11.2. The summed E-state index contributed by atoms with van der Waals surface area (Å²) >= 11 is 5.83. The summed E-state index contributed by atoms with van der Waals surface area (Å²) < 4.78 is 2.00. The molecular formula is C13H15ClN2. The van der Waals surface area contributed by atoms with E-state index in [-0.39, 0.29) is 0 Å². The Morgan fingerprint density at radius 3 is 2.56 bits per heavy atom. The summed E-state index contributed by atoms with van der Waals surface area (Å²) in [6.07, 6.45) is 1.85. The lowest BCUT2D eigenvalue weighted by atomic mass is 10.1. The molecule has 0 N–H and O–H groups in total. The molecule has 0 aliphatic rings. The summed E-state index contributed by atoms with van der Waals surface area (Å²) in [5.74, 6) is 0.527. The van der Waals surface area contributed by atoms with E-state index in [0.717, 1.165) is 17.8 Å². The molecule has 0 saturated heterocycles. The zero-order valence-electron chi connectivity index (χ0n) is 9.57. The number of hydrogen-bond acceptors (Lipinski definition) is 1. The third-order valence-corrected chi connectivity index (χ3v) is 3.22. The van der Waals surface area contributed by atoms with Crippen molar-refractivity contribution in [3.8, 4) is 0 Å². The standard InChI is InChI=1S/C13H15ClN2/c1-10-5-3-4-6-12(10)9-16-11(2)13(7-14)8-15-16/h3-6,8H,7,9H2,1-2H3. The maximum Gasteiger partial charge on any atom is 0.0665 e. The van der Waals surface area contributed by atoms with Crippen molar-refractivity contribution < 1.29 is 0 Å². The minimum Gasteiger partial charge on any atom is -0.265 e. The number of aryl methyl sites for hydroxylation is 1. The van der Waals surface area contributed by atoms with Crippen molar-refractivity contribution in [2.75, 3.05) is 0 Å². The third kappa shape index (κ3) is 2.12. The second kappa shape index (κ2) is 4.71. The van der Waals surface area contributed by atoms with Crippen LogP contribution >= 0.6 is 11.6 Å².